The van der Waals surface area contributed by atoms with Crippen LogP contribution in [0.5, 0.6) is 0 Å². The third-order valence-corrected chi connectivity index (χ3v) is 4.36. The first-order chi connectivity index (χ1) is 5.47. The van der Waals surface area contributed by atoms with Gasteiger partial charge >= 0.3 is 0 Å². The highest BCUT2D eigenvalue weighted by atomic mass is 32.2. The van der Waals surface area contributed by atoms with Gasteiger partial charge in [-0.2, -0.15) is 11.8 Å². The molecule has 2 heteroatoms. The Labute approximate surface area is 76.0 Å². The molecule has 0 nitrogen and oxygen atoms in total. The maximum atomic E-state index is 2.28. The van der Waals surface area contributed by atoms with Crippen molar-refractivity contribution in [2.24, 2.45) is 0 Å². The third-order valence-electron chi connectivity index (χ3n) is 2.11. The van der Waals surface area contributed by atoms with Crippen molar-refractivity contribution in [2.75, 3.05) is 11.5 Å². The Hall–Kier alpha value is 0.0500. The van der Waals surface area contributed by atoms with Crippen molar-refractivity contribution in [3.63, 3.8) is 0 Å². The molecule has 0 amide bonds. The van der Waals surface area contributed by atoms with Crippen molar-refractivity contribution in [1.29, 1.82) is 0 Å². The van der Waals surface area contributed by atoms with Crippen molar-refractivity contribution < 1.29 is 0 Å². The lowest BCUT2D eigenvalue weighted by Crippen LogP contribution is -2.06. The Kier molecular flexibility index (Phi) is 2.54. The molecule has 1 unspecified atom stereocenters. The minimum atomic E-state index is 0.869. The summed E-state index contributed by atoms with van der Waals surface area (Å²) < 4.78 is 0. The summed E-state index contributed by atoms with van der Waals surface area (Å²) in [4.78, 5) is 1.59. The second kappa shape index (κ2) is 3.63. The van der Waals surface area contributed by atoms with Gasteiger partial charge in [0.05, 0.1) is 0 Å². The normalized spacial score (nSPS) is 25.3. The van der Waals surface area contributed by atoms with Gasteiger partial charge in [0.15, 0.2) is 0 Å². The van der Waals surface area contributed by atoms with E-state index in [1.807, 2.05) is 11.3 Å². The summed E-state index contributed by atoms with van der Waals surface area (Å²) in [6, 6.07) is 4.44. The molecule has 0 saturated carbocycles. The first kappa shape index (κ1) is 7.69. The van der Waals surface area contributed by atoms with Gasteiger partial charge in [0.2, 0.25) is 0 Å². The number of hydrogen-bond donors (Lipinski definition) is 0. The van der Waals surface area contributed by atoms with Gasteiger partial charge < -0.3 is 0 Å². The van der Waals surface area contributed by atoms with Gasteiger partial charge in [0.1, 0.15) is 0 Å². The Morgan fingerprint density at radius 3 is 3.09 bits per heavy atom. The summed E-state index contributed by atoms with van der Waals surface area (Å²) in [7, 11) is 0. The SMILES string of the molecule is c1csc(C2CCCSC2)c1. The van der Waals surface area contributed by atoms with Crippen LogP contribution in [0, 0.1) is 0 Å². The Balaban J connectivity index is 2.04. The highest BCUT2D eigenvalue weighted by molar-refractivity contribution is 7.99. The molecule has 0 aromatic carbocycles. The largest absolute Gasteiger partial charge is 0.161 e. The second-order valence-electron chi connectivity index (χ2n) is 2.93. The van der Waals surface area contributed by atoms with Crippen LogP contribution in [-0.4, -0.2) is 11.5 Å². The molecule has 2 rings (SSSR count). The first-order valence-electron chi connectivity index (χ1n) is 4.08. The van der Waals surface area contributed by atoms with Crippen LogP contribution in [0.4, 0.5) is 0 Å². The van der Waals surface area contributed by atoms with Gasteiger partial charge in [0, 0.05) is 16.5 Å². The zero-order chi connectivity index (χ0) is 7.52. The lowest BCUT2D eigenvalue weighted by molar-refractivity contribution is 0.670. The van der Waals surface area contributed by atoms with Crippen LogP contribution in [0.1, 0.15) is 23.6 Å². The predicted molar refractivity (Wildman–Crippen MR) is 53.6 cm³/mol. The van der Waals surface area contributed by atoms with Crippen molar-refractivity contribution in [2.45, 2.75) is 18.8 Å². The lowest BCUT2D eigenvalue weighted by atomic mass is 10.0. The molecule has 1 aromatic rings. The number of rotatable bonds is 1. The Bertz CT molecular complexity index is 197. The minimum absolute atomic E-state index is 0.869. The number of thioether (sulfide) groups is 1. The topological polar surface area (TPSA) is 0 Å². The molecule has 0 N–H and O–H groups in total. The zero-order valence-corrected chi connectivity index (χ0v) is 8.09. The van der Waals surface area contributed by atoms with Crippen molar-refractivity contribution in [3.05, 3.63) is 22.4 Å². The fourth-order valence-corrected chi connectivity index (χ4v) is 3.63. The maximum Gasteiger partial charge on any atom is 0.00844 e. The zero-order valence-electron chi connectivity index (χ0n) is 6.45. The lowest BCUT2D eigenvalue weighted by Gasteiger charge is -2.19. The van der Waals surface area contributed by atoms with E-state index in [1.54, 1.807) is 4.88 Å². The summed E-state index contributed by atoms with van der Waals surface area (Å²) in [5.74, 6) is 3.59. The molecule has 1 fully saturated rings. The van der Waals surface area contributed by atoms with Crippen LogP contribution in [0.25, 0.3) is 0 Å². The molecule has 2 heterocycles. The molecular weight excluding hydrogens is 172 g/mol. The average molecular weight is 184 g/mol. The fourth-order valence-electron chi connectivity index (χ4n) is 1.49. The number of thiophene rings is 1. The molecule has 11 heavy (non-hydrogen) atoms. The minimum Gasteiger partial charge on any atom is -0.161 e. The van der Waals surface area contributed by atoms with Crippen molar-refractivity contribution in [1.82, 2.24) is 0 Å². The van der Waals surface area contributed by atoms with Crippen LogP contribution in [0.3, 0.4) is 0 Å². The van der Waals surface area contributed by atoms with Crippen LogP contribution in [0.2, 0.25) is 0 Å². The molecule has 1 aliphatic rings. The molecule has 0 bridgehead atoms. The molecule has 1 saturated heterocycles. The van der Waals surface area contributed by atoms with E-state index in [2.05, 4.69) is 29.3 Å². The molecule has 0 radical (unpaired) electrons. The van der Waals surface area contributed by atoms with Gasteiger partial charge in [-0.3, -0.25) is 0 Å². The van der Waals surface area contributed by atoms with E-state index < -0.39 is 0 Å². The Morgan fingerprint density at radius 1 is 1.45 bits per heavy atom. The quantitative estimate of drug-likeness (QED) is 0.645. The summed E-state index contributed by atoms with van der Waals surface area (Å²) in [5.41, 5.74) is 0. The van der Waals surface area contributed by atoms with Crippen LogP contribution < -0.4 is 0 Å². The molecule has 0 aliphatic carbocycles. The monoisotopic (exact) mass is 184 g/mol. The van der Waals surface area contributed by atoms with E-state index in [0.717, 1.165) is 5.92 Å². The smallest absolute Gasteiger partial charge is 0.00844 e. The molecular formula is C9H12S2. The van der Waals surface area contributed by atoms with Crippen molar-refractivity contribution >= 4 is 23.1 Å². The van der Waals surface area contributed by atoms with E-state index in [0.29, 0.717) is 0 Å². The molecule has 1 aromatic heterocycles. The summed E-state index contributed by atoms with van der Waals surface area (Å²) in [5, 5.41) is 2.19. The molecule has 60 valence electrons. The summed E-state index contributed by atoms with van der Waals surface area (Å²) in [6.07, 6.45) is 2.82. The van der Waals surface area contributed by atoms with Gasteiger partial charge in [-0.1, -0.05) is 6.07 Å². The van der Waals surface area contributed by atoms with E-state index >= 15 is 0 Å². The van der Waals surface area contributed by atoms with Crippen molar-refractivity contribution in [3.8, 4) is 0 Å². The van der Waals surface area contributed by atoms with Crippen LogP contribution >= 0.6 is 23.1 Å². The highest BCUT2D eigenvalue weighted by Crippen LogP contribution is 2.33. The average Bonchev–Trinajstić information content (AvgIpc) is 2.58. The first-order valence-corrected chi connectivity index (χ1v) is 6.11. The van der Waals surface area contributed by atoms with Crippen LogP contribution in [0.15, 0.2) is 17.5 Å². The fraction of sp³-hybridized carbons (Fsp3) is 0.556. The second-order valence-corrected chi connectivity index (χ2v) is 5.06. The van der Waals surface area contributed by atoms with Gasteiger partial charge in [-0.15, -0.1) is 11.3 Å². The van der Waals surface area contributed by atoms with Gasteiger partial charge in [-0.05, 0) is 30.0 Å². The number of hydrogen-bond acceptors (Lipinski definition) is 2. The van der Waals surface area contributed by atoms with E-state index in [-0.39, 0.29) is 0 Å². The molecule has 1 atom stereocenters. The van der Waals surface area contributed by atoms with Crippen LogP contribution in [-0.2, 0) is 0 Å². The molecule has 1 aliphatic heterocycles. The maximum absolute atomic E-state index is 2.28. The standard InChI is InChI=1S/C9H12S2/c1-3-8(7-10-5-1)9-4-2-6-11-9/h2,4,6,8H,1,3,5,7H2. The van der Waals surface area contributed by atoms with E-state index in [9.17, 15) is 0 Å². The van der Waals surface area contributed by atoms with E-state index in [4.69, 9.17) is 0 Å². The third kappa shape index (κ3) is 1.79. The highest BCUT2D eigenvalue weighted by Gasteiger charge is 2.15. The summed E-state index contributed by atoms with van der Waals surface area (Å²) in [6.45, 7) is 0. The predicted octanol–water partition coefficient (Wildman–Crippen LogP) is 3.36. The van der Waals surface area contributed by atoms with Gasteiger partial charge in [-0.25, -0.2) is 0 Å². The Morgan fingerprint density at radius 2 is 2.45 bits per heavy atom. The van der Waals surface area contributed by atoms with E-state index in [1.165, 1.54) is 24.3 Å². The van der Waals surface area contributed by atoms with Gasteiger partial charge in [0.25, 0.3) is 0 Å². The molecule has 0 spiro atoms. The summed E-state index contributed by atoms with van der Waals surface area (Å²) >= 11 is 4.02.